The smallest absolute Gasteiger partial charge is 0.226 e. The van der Waals surface area contributed by atoms with Gasteiger partial charge in [-0.2, -0.15) is 4.98 Å². The minimum atomic E-state index is 0.527. The van der Waals surface area contributed by atoms with E-state index in [1.807, 2.05) is 31.3 Å². The average Bonchev–Trinajstić information content (AvgIpc) is 3.16. The fourth-order valence-corrected chi connectivity index (χ4v) is 4.00. The molecule has 2 aliphatic rings. The lowest BCUT2D eigenvalue weighted by Gasteiger charge is -2.37. The van der Waals surface area contributed by atoms with Crippen LogP contribution in [0.2, 0.25) is 0 Å². The highest BCUT2D eigenvalue weighted by Crippen LogP contribution is 2.27. The van der Waals surface area contributed by atoms with Gasteiger partial charge in [0.25, 0.3) is 0 Å². The molecule has 1 fully saturated rings. The fourth-order valence-electron chi connectivity index (χ4n) is 4.00. The lowest BCUT2D eigenvalue weighted by Crippen LogP contribution is -2.43. The van der Waals surface area contributed by atoms with E-state index in [-0.39, 0.29) is 0 Å². The van der Waals surface area contributed by atoms with Crippen LogP contribution in [0.1, 0.15) is 24.0 Å². The second-order valence-corrected chi connectivity index (χ2v) is 7.77. The van der Waals surface area contributed by atoms with E-state index in [0.717, 1.165) is 63.0 Å². The molecule has 27 heavy (non-hydrogen) atoms. The monoisotopic (exact) mass is 367 g/mol. The third kappa shape index (κ3) is 4.00. The zero-order chi connectivity index (χ0) is 18.8. The van der Waals surface area contributed by atoms with Crippen LogP contribution in [0, 0.1) is 0 Å². The molecule has 0 amide bonds. The quantitative estimate of drug-likeness (QED) is 0.809. The number of hydrogen-bond donors (Lipinski definition) is 0. The number of hydrogen-bond acceptors (Lipinski definition) is 6. The van der Waals surface area contributed by atoms with Crippen molar-refractivity contribution in [2.24, 2.45) is 0 Å². The largest absolute Gasteiger partial charge is 0.493 e. The van der Waals surface area contributed by atoms with Crippen LogP contribution in [0.4, 0.5) is 11.8 Å². The molecule has 144 valence electrons. The van der Waals surface area contributed by atoms with E-state index >= 15 is 0 Å². The maximum absolute atomic E-state index is 5.62. The van der Waals surface area contributed by atoms with Crippen molar-refractivity contribution < 1.29 is 4.74 Å². The predicted octanol–water partition coefficient (Wildman–Crippen LogP) is 2.58. The molecule has 0 radical (unpaired) electrons. The summed E-state index contributed by atoms with van der Waals surface area (Å²) in [6, 6.07) is 9.21. The molecule has 6 heteroatoms. The number of benzene rings is 1. The number of rotatable bonds is 5. The number of aromatic nitrogens is 2. The minimum Gasteiger partial charge on any atom is -0.493 e. The molecule has 1 aromatic carbocycles. The molecule has 0 bridgehead atoms. The Kier molecular flexibility index (Phi) is 5.16. The SMILES string of the molecule is CN(C)c1nccc(N(C)C2CCN(Cc3ccc4c(c3)CCO4)CC2)n1. The summed E-state index contributed by atoms with van der Waals surface area (Å²) in [6.45, 7) is 4.10. The molecule has 6 nitrogen and oxygen atoms in total. The molecule has 0 unspecified atom stereocenters. The summed E-state index contributed by atoms with van der Waals surface area (Å²) >= 11 is 0. The van der Waals surface area contributed by atoms with Gasteiger partial charge in [-0.1, -0.05) is 12.1 Å². The Morgan fingerprint density at radius 1 is 1.15 bits per heavy atom. The molecular weight excluding hydrogens is 338 g/mol. The first-order valence-corrected chi connectivity index (χ1v) is 9.80. The highest BCUT2D eigenvalue weighted by atomic mass is 16.5. The Morgan fingerprint density at radius 2 is 1.96 bits per heavy atom. The van der Waals surface area contributed by atoms with Crippen molar-refractivity contribution >= 4 is 11.8 Å². The van der Waals surface area contributed by atoms with Crippen molar-refractivity contribution in [1.82, 2.24) is 14.9 Å². The topological polar surface area (TPSA) is 44.7 Å². The third-order valence-electron chi connectivity index (χ3n) is 5.65. The predicted molar refractivity (Wildman–Crippen MR) is 109 cm³/mol. The minimum absolute atomic E-state index is 0.527. The van der Waals surface area contributed by atoms with Gasteiger partial charge in [-0.05, 0) is 36.1 Å². The molecule has 0 aliphatic carbocycles. The van der Waals surface area contributed by atoms with Crippen molar-refractivity contribution in [1.29, 1.82) is 0 Å². The lowest BCUT2D eigenvalue weighted by molar-refractivity contribution is 0.203. The van der Waals surface area contributed by atoms with E-state index in [2.05, 4.69) is 45.0 Å². The van der Waals surface area contributed by atoms with Crippen LogP contribution in [-0.2, 0) is 13.0 Å². The van der Waals surface area contributed by atoms with Crippen LogP contribution in [0.5, 0.6) is 5.75 Å². The van der Waals surface area contributed by atoms with E-state index in [4.69, 9.17) is 4.74 Å². The average molecular weight is 367 g/mol. The first-order chi connectivity index (χ1) is 13.1. The lowest BCUT2D eigenvalue weighted by atomic mass is 10.0. The summed E-state index contributed by atoms with van der Waals surface area (Å²) in [5, 5.41) is 0. The number of nitrogens with zero attached hydrogens (tertiary/aromatic N) is 5. The first-order valence-electron chi connectivity index (χ1n) is 9.80. The number of fused-ring (bicyclic) bond motifs is 1. The van der Waals surface area contributed by atoms with Crippen LogP contribution >= 0.6 is 0 Å². The molecule has 2 aliphatic heterocycles. The summed E-state index contributed by atoms with van der Waals surface area (Å²) < 4.78 is 5.62. The van der Waals surface area contributed by atoms with Gasteiger partial charge in [0.05, 0.1) is 6.61 Å². The molecule has 1 saturated heterocycles. The Labute approximate surface area is 161 Å². The Balaban J connectivity index is 1.34. The molecule has 0 atom stereocenters. The molecule has 2 aromatic rings. The molecular formula is C21H29N5O. The highest BCUT2D eigenvalue weighted by molar-refractivity contribution is 5.43. The Bertz CT molecular complexity index is 786. The van der Waals surface area contributed by atoms with Gasteiger partial charge in [-0.15, -0.1) is 0 Å². The van der Waals surface area contributed by atoms with Crippen LogP contribution in [0.3, 0.4) is 0 Å². The molecule has 0 N–H and O–H groups in total. The van der Waals surface area contributed by atoms with Crippen LogP contribution < -0.4 is 14.5 Å². The van der Waals surface area contributed by atoms with Gasteiger partial charge < -0.3 is 14.5 Å². The second-order valence-electron chi connectivity index (χ2n) is 7.77. The number of piperidine rings is 1. The van der Waals surface area contributed by atoms with Crippen LogP contribution in [0.15, 0.2) is 30.5 Å². The summed E-state index contributed by atoms with van der Waals surface area (Å²) in [5.74, 6) is 2.84. The van der Waals surface area contributed by atoms with Gasteiger partial charge in [-0.3, -0.25) is 4.90 Å². The van der Waals surface area contributed by atoms with E-state index in [0.29, 0.717) is 6.04 Å². The molecule has 0 spiro atoms. The van der Waals surface area contributed by atoms with Gasteiger partial charge in [0.2, 0.25) is 5.95 Å². The standard InChI is InChI=1S/C21H29N5O/c1-24(2)21-22-10-6-20(23-21)25(3)18-7-11-26(12-8-18)15-16-4-5-19-17(14-16)9-13-27-19/h4-6,10,14,18H,7-9,11-13,15H2,1-3H3. The normalized spacial score (nSPS) is 17.4. The summed E-state index contributed by atoms with van der Waals surface area (Å²) in [4.78, 5) is 15.8. The number of ether oxygens (including phenoxy) is 1. The van der Waals surface area contributed by atoms with Gasteiger partial charge in [0, 0.05) is 59.4 Å². The van der Waals surface area contributed by atoms with E-state index < -0.39 is 0 Å². The summed E-state index contributed by atoms with van der Waals surface area (Å²) in [7, 11) is 6.11. The molecule has 1 aromatic heterocycles. The van der Waals surface area contributed by atoms with E-state index in [1.165, 1.54) is 11.1 Å². The first kappa shape index (κ1) is 18.0. The van der Waals surface area contributed by atoms with Gasteiger partial charge >= 0.3 is 0 Å². The third-order valence-corrected chi connectivity index (χ3v) is 5.65. The van der Waals surface area contributed by atoms with E-state index in [1.54, 1.807) is 0 Å². The number of anilines is 2. The highest BCUT2D eigenvalue weighted by Gasteiger charge is 2.24. The van der Waals surface area contributed by atoms with Crippen LogP contribution in [-0.4, -0.2) is 61.7 Å². The molecule has 4 rings (SSSR count). The summed E-state index contributed by atoms with van der Waals surface area (Å²) in [6.07, 6.45) is 5.21. The van der Waals surface area contributed by atoms with Crippen molar-refractivity contribution in [2.75, 3.05) is 50.6 Å². The van der Waals surface area contributed by atoms with Gasteiger partial charge in [0.15, 0.2) is 0 Å². The van der Waals surface area contributed by atoms with Crippen molar-refractivity contribution in [2.45, 2.75) is 31.8 Å². The van der Waals surface area contributed by atoms with Gasteiger partial charge in [-0.25, -0.2) is 4.98 Å². The molecule has 0 saturated carbocycles. The Morgan fingerprint density at radius 3 is 2.74 bits per heavy atom. The van der Waals surface area contributed by atoms with E-state index in [9.17, 15) is 0 Å². The number of likely N-dealkylation sites (tertiary alicyclic amines) is 1. The maximum Gasteiger partial charge on any atom is 0.226 e. The zero-order valence-electron chi connectivity index (χ0n) is 16.6. The Hall–Kier alpha value is -2.34. The van der Waals surface area contributed by atoms with Gasteiger partial charge in [0.1, 0.15) is 11.6 Å². The fraction of sp³-hybridized carbons (Fsp3) is 0.524. The molecule has 3 heterocycles. The van der Waals surface area contributed by atoms with Crippen molar-refractivity contribution in [3.05, 3.63) is 41.6 Å². The van der Waals surface area contributed by atoms with Crippen molar-refractivity contribution in [3.8, 4) is 5.75 Å². The second kappa shape index (κ2) is 7.72. The zero-order valence-corrected chi connectivity index (χ0v) is 16.6. The maximum atomic E-state index is 5.62. The van der Waals surface area contributed by atoms with Crippen LogP contribution in [0.25, 0.3) is 0 Å². The summed E-state index contributed by atoms with van der Waals surface area (Å²) in [5.41, 5.74) is 2.76. The van der Waals surface area contributed by atoms with Crippen molar-refractivity contribution in [3.63, 3.8) is 0 Å².